The zero-order valence-corrected chi connectivity index (χ0v) is 14.2. The average Bonchev–Trinajstić information content (AvgIpc) is 2.85. The number of carbonyl (C=O) groups excluding carboxylic acids is 2. The van der Waals surface area contributed by atoms with Crippen LogP contribution >= 0.6 is 11.3 Å². The molecule has 1 aromatic rings. The predicted molar refractivity (Wildman–Crippen MR) is 86.0 cm³/mol. The van der Waals surface area contributed by atoms with Crippen molar-refractivity contribution in [3.63, 3.8) is 0 Å². The summed E-state index contributed by atoms with van der Waals surface area (Å²) in [5.41, 5.74) is -0.496. The van der Waals surface area contributed by atoms with Gasteiger partial charge >= 0.3 is 12.1 Å². The van der Waals surface area contributed by atoms with Crippen LogP contribution in [0.3, 0.4) is 0 Å². The molecule has 0 bridgehead atoms. The highest BCUT2D eigenvalue weighted by atomic mass is 32.1. The molecule has 122 valence electrons. The van der Waals surface area contributed by atoms with Crippen molar-refractivity contribution < 1.29 is 19.1 Å². The number of nitrogens with zero attached hydrogens (tertiary/aromatic N) is 1. The van der Waals surface area contributed by atoms with Crippen LogP contribution in [0, 0.1) is 0 Å². The molecule has 1 aromatic heterocycles. The van der Waals surface area contributed by atoms with E-state index >= 15 is 0 Å². The Morgan fingerprint density at radius 2 is 2.14 bits per heavy atom. The lowest BCUT2D eigenvalue weighted by molar-refractivity contribution is 0.0519. The van der Waals surface area contributed by atoms with Gasteiger partial charge in [-0.3, -0.25) is 0 Å². The predicted octanol–water partition coefficient (Wildman–Crippen LogP) is 3.25. The number of ether oxygens (including phenoxy) is 2. The summed E-state index contributed by atoms with van der Waals surface area (Å²) in [6.45, 7) is 8.03. The minimum Gasteiger partial charge on any atom is -0.462 e. The summed E-state index contributed by atoms with van der Waals surface area (Å²) >= 11 is 1.27. The molecule has 6 nitrogen and oxygen atoms in total. The summed E-state index contributed by atoms with van der Waals surface area (Å²) in [7, 11) is 0. The van der Waals surface area contributed by atoms with Crippen LogP contribution in [0.5, 0.6) is 0 Å². The minimum atomic E-state index is -0.496. The number of esters is 1. The molecule has 0 aromatic carbocycles. The first-order valence-electron chi connectivity index (χ1n) is 7.08. The molecule has 0 spiro atoms. The van der Waals surface area contributed by atoms with Crippen LogP contribution in [-0.4, -0.2) is 35.8 Å². The van der Waals surface area contributed by atoms with Crippen molar-refractivity contribution in [3.8, 4) is 0 Å². The van der Waals surface area contributed by atoms with Gasteiger partial charge in [0.2, 0.25) is 0 Å². The largest absolute Gasteiger partial charge is 0.462 e. The van der Waals surface area contributed by atoms with Gasteiger partial charge in [0.1, 0.15) is 15.5 Å². The number of hydrogen-bond donors (Lipinski definition) is 1. The standard InChI is InChI=1S/C15H22N2O4S/c1-5-20-13(18)11-10-17-12(22-11)8-6-7-9-16-14(19)21-15(2,3)4/h6,8,10H,5,7,9H2,1-4H3,(H,16,19). The number of aromatic nitrogens is 1. The highest BCUT2D eigenvalue weighted by molar-refractivity contribution is 7.14. The van der Waals surface area contributed by atoms with Crippen molar-refractivity contribution in [1.29, 1.82) is 0 Å². The molecule has 0 saturated carbocycles. The fraction of sp³-hybridized carbons (Fsp3) is 0.533. The average molecular weight is 326 g/mol. The van der Waals surface area contributed by atoms with Crippen molar-refractivity contribution in [2.75, 3.05) is 13.2 Å². The number of thiazole rings is 1. The summed E-state index contributed by atoms with van der Waals surface area (Å²) in [5.74, 6) is -0.355. The summed E-state index contributed by atoms with van der Waals surface area (Å²) in [5, 5.41) is 3.38. The molecule has 1 heterocycles. The summed E-state index contributed by atoms with van der Waals surface area (Å²) in [4.78, 5) is 27.5. The van der Waals surface area contributed by atoms with E-state index in [1.54, 1.807) is 6.92 Å². The van der Waals surface area contributed by atoms with Gasteiger partial charge in [-0.2, -0.15) is 0 Å². The van der Waals surface area contributed by atoms with E-state index in [0.29, 0.717) is 24.4 Å². The number of rotatable bonds is 6. The van der Waals surface area contributed by atoms with E-state index in [0.717, 1.165) is 5.01 Å². The van der Waals surface area contributed by atoms with Crippen LogP contribution in [0.1, 0.15) is 48.8 Å². The molecule has 0 unspecified atom stereocenters. The van der Waals surface area contributed by atoms with Crippen LogP contribution < -0.4 is 5.32 Å². The normalized spacial score (nSPS) is 11.5. The molecule has 0 radical (unpaired) electrons. The van der Waals surface area contributed by atoms with Gasteiger partial charge in [0.05, 0.1) is 12.8 Å². The number of amides is 1. The Bertz CT molecular complexity index is 532. The Balaban J connectivity index is 2.32. The topological polar surface area (TPSA) is 77.5 Å². The van der Waals surface area contributed by atoms with Crippen LogP contribution in [0.2, 0.25) is 0 Å². The highest BCUT2D eigenvalue weighted by Crippen LogP contribution is 2.15. The highest BCUT2D eigenvalue weighted by Gasteiger charge is 2.15. The first-order valence-corrected chi connectivity index (χ1v) is 7.90. The third kappa shape index (κ3) is 7.21. The lowest BCUT2D eigenvalue weighted by atomic mass is 10.2. The molecular weight excluding hydrogens is 304 g/mol. The SMILES string of the molecule is CCOC(=O)c1cnc(C=CCCNC(=O)OC(C)(C)C)s1. The smallest absolute Gasteiger partial charge is 0.407 e. The van der Waals surface area contributed by atoms with Crippen LogP contribution in [0.15, 0.2) is 12.3 Å². The molecule has 0 aliphatic rings. The molecule has 0 atom stereocenters. The Morgan fingerprint density at radius 3 is 2.77 bits per heavy atom. The summed E-state index contributed by atoms with van der Waals surface area (Å²) in [6.07, 6.45) is 5.41. The molecule has 22 heavy (non-hydrogen) atoms. The number of carbonyl (C=O) groups is 2. The van der Waals surface area contributed by atoms with E-state index in [1.807, 2.05) is 32.9 Å². The van der Waals surface area contributed by atoms with Crippen molar-refractivity contribution in [2.45, 2.75) is 39.7 Å². The number of alkyl carbamates (subject to hydrolysis) is 1. The summed E-state index contributed by atoms with van der Waals surface area (Å²) in [6, 6.07) is 0. The second-order valence-electron chi connectivity index (χ2n) is 5.40. The molecule has 1 rings (SSSR count). The van der Waals surface area contributed by atoms with E-state index < -0.39 is 11.7 Å². The third-order valence-electron chi connectivity index (χ3n) is 2.24. The maximum Gasteiger partial charge on any atom is 0.407 e. The van der Waals surface area contributed by atoms with Gasteiger partial charge < -0.3 is 14.8 Å². The van der Waals surface area contributed by atoms with Gasteiger partial charge in [-0.1, -0.05) is 6.08 Å². The maximum absolute atomic E-state index is 11.5. The molecular formula is C15H22N2O4S. The van der Waals surface area contributed by atoms with Gasteiger partial charge in [0.25, 0.3) is 0 Å². The van der Waals surface area contributed by atoms with Gasteiger partial charge in [0.15, 0.2) is 0 Å². The monoisotopic (exact) mass is 326 g/mol. The number of hydrogen-bond acceptors (Lipinski definition) is 6. The van der Waals surface area contributed by atoms with Crippen molar-refractivity contribution in [3.05, 3.63) is 22.2 Å². The molecule has 1 N–H and O–H groups in total. The lowest BCUT2D eigenvalue weighted by Gasteiger charge is -2.19. The van der Waals surface area contributed by atoms with Gasteiger partial charge in [0, 0.05) is 6.54 Å². The Morgan fingerprint density at radius 1 is 1.41 bits per heavy atom. The van der Waals surface area contributed by atoms with Crippen molar-refractivity contribution in [1.82, 2.24) is 10.3 Å². The molecule has 0 aliphatic heterocycles. The van der Waals surface area contributed by atoms with Gasteiger partial charge in [-0.05, 0) is 40.2 Å². The minimum absolute atomic E-state index is 0.345. The summed E-state index contributed by atoms with van der Waals surface area (Å²) < 4.78 is 10.0. The van der Waals surface area contributed by atoms with Crippen LogP contribution in [0.4, 0.5) is 4.79 Å². The quantitative estimate of drug-likeness (QED) is 0.641. The molecule has 1 amide bonds. The fourth-order valence-electron chi connectivity index (χ4n) is 1.42. The van der Waals surface area contributed by atoms with Crippen LogP contribution in [-0.2, 0) is 9.47 Å². The Labute approximate surface area is 134 Å². The third-order valence-corrected chi connectivity index (χ3v) is 3.18. The molecule has 0 aliphatic carbocycles. The van der Waals surface area contributed by atoms with Crippen molar-refractivity contribution >= 4 is 29.5 Å². The molecule has 0 fully saturated rings. The maximum atomic E-state index is 11.5. The van der Waals surface area contributed by atoms with E-state index in [1.165, 1.54) is 17.5 Å². The van der Waals surface area contributed by atoms with Crippen LogP contribution in [0.25, 0.3) is 6.08 Å². The number of nitrogens with one attached hydrogen (secondary N) is 1. The fourth-order valence-corrected chi connectivity index (χ4v) is 2.16. The van der Waals surface area contributed by atoms with Crippen molar-refractivity contribution in [2.24, 2.45) is 0 Å². The van der Waals surface area contributed by atoms with E-state index in [2.05, 4.69) is 10.3 Å². The first kappa shape index (κ1) is 18.2. The molecule has 7 heteroatoms. The zero-order valence-electron chi connectivity index (χ0n) is 13.3. The second kappa shape index (κ2) is 8.53. The Hall–Kier alpha value is -1.89. The van der Waals surface area contributed by atoms with E-state index in [4.69, 9.17) is 9.47 Å². The van der Waals surface area contributed by atoms with Gasteiger partial charge in [-0.15, -0.1) is 11.3 Å². The zero-order chi connectivity index (χ0) is 16.6. The second-order valence-corrected chi connectivity index (χ2v) is 6.47. The molecule has 0 saturated heterocycles. The van der Waals surface area contributed by atoms with Gasteiger partial charge in [-0.25, -0.2) is 14.6 Å². The van der Waals surface area contributed by atoms with E-state index in [9.17, 15) is 9.59 Å². The Kier molecular flexibility index (Phi) is 7.04. The van der Waals surface area contributed by atoms with E-state index in [-0.39, 0.29) is 5.97 Å². The lowest BCUT2D eigenvalue weighted by Crippen LogP contribution is -2.32. The first-order chi connectivity index (χ1) is 10.3.